The highest BCUT2D eigenvalue weighted by atomic mass is 127. The number of hydrogen-bond acceptors (Lipinski definition) is 5. The molecule has 0 bridgehead atoms. The van der Waals surface area contributed by atoms with Gasteiger partial charge in [-0.3, -0.25) is 9.79 Å². The predicted octanol–water partition coefficient (Wildman–Crippen LogP) is 3.06. The SMILES string of the molecule is CN=C(NCCc1nc(C(C)(C)C)cs1)N1CCC(C(=O)OC)CC1.I. The van der Waals surface area contributed by atoms with Crippen molar-refractivity contribution in [2.24, 2.45) is 10.9 Å². The van der Waals surface area contributed by atoms with Crippen LogP contribution in [-0.4, -0.2) is 55.6 Å². The number of rotatable bonds is 4. The first-order valence-electron chi connectivity index (χ1n) is 8.83. The molecule has 0 spiro atoms. The number of thiazole rings is 1. The van der Waals surface area contributed by atoms with E-state index in [1.807, 2.05) is 0 Å². The third-order valence-corrected chi connectivity index (χ3v) is 5.39. The molecule has 1 aromatic heterocycles. The number of guanidine groups is 1. The molecule has 1 N–H and O–H groups in total. The van der Waals surface area contributed by atoms with E-state index < -0.39 is 0 Å². The minimum Gasteiger partial charge on any atom is -0.469 e. The monoisotopic (exact) mass is 494 g/mol. The molecule has 0 aromatic carbocycles. The normalized spacial score (nSPS) is 16.2. The van der Waals surface area contributed by atoms with E-state index >= 15 is 0 Å². The number of nitrogens with one attached hydrogen (secondary N) is 1. The lowest BCUT2D eigenvalue weighted by molar-refractivity contribution is -0.146. The van der Waals surface area contributed by atoms with E-state index in [0.717, 1.165) is 55.6 Å². The maximum absolute atomic E-state index is 11.6. The highest BCUT2D eigenvalue weighted by molar-refractivity contribution is 14.0. The second-order valence-electron chi connectivity index (χ2n) is 7.38. The highest BCUT2D eigenvalue weighted by Gasteiger charge is 2.26. The van der Waals surface area contributed by atoms with Crippen LogP contribution >= 0.6 is 35.3 Å². The van der Waals surface area contributed by atoms with Gasteiger partial charge in [0.2, 0.25) is 0 Å². The average molecular weight is 494 g/mol. The van der Waals surface area contributed by atoms with Crippen molar-refractivity contribution in [3.05, 3.63) is 16.1 Å². The van der Waals surface area contributed by atoms with Crippen LogP contribution in [0.15, 0.2) is 10.4 Å². The van der Waals surface area contributed by atoms with Gasteiger partial charge in [0.05, 0.1) is 23.7 Å². The van der Waals surface area contributed by atoms with Gasteiger partial charge >= 0.3 is 5.97 Å². The molecule has 0 unspecified atom stereocenters. The molecule has 2 heterocycles. The molecule has 1 aliphatic heterocycles. The van der Waals surface area contributed by atoms with E-state index in [1.165, 1.54) is 7.11 Å². The van der Waals surface area contributed by atoms with Crippen molar-refractivity contribution >= 4 is 47.2 Å². The quantitative estimate of drug-likeness (QED) is 0.302. The summed E-state index contributed by atoms with van der Waals surface area (Å²) in [4.78, 5) is 22.9. The maximum Gasteiger partial charge on any atom is 0.308 e. The zero-order valence-electron chi connectivity index (χ0n) is 16.4. The first-order chi connectivity index (χ1) is 11.8. The Labute approximate surface area is 177 Å². The second-order valence-corrected chi connectivity index (χ2v) is 8.33. The molecule has 0 aliphatic carbocycles. The number of halogens is 1. The Hall–Kier alpha value is -0.900. The summed E-state index contributed by atoms with van der Waals surface area (Å²) in [6, 6.07) is 0. The van der Waals surface area contributed by atoms with Crippen molar-refractivity contribution < 1.29 is 9.53 Å². The summed E-state index contributed by atoms with van der Waals surface area (Å²) in [5, 5.41) is 6.72. The number of hydrogen-bond donors (Lipinski definition) is 1. The van der Waals surface area contributed by atoms with Gasteiger partial charge in [-0.25, -0.2) is 4.98 Å². The number of aromatic nitrogens is 1. The third-order valence-electron chi connectivity index (χ3n) is 4.48. The van der Waals surface area contributed by atoms with Crippen LogP contribution in [0.25, 0.3) is 0 Å². The topological polar surface area (TPSA) is 66.8 Å². The van der Waals surface area contributed by atoms with Crippen LogP contribution in [0, 0.1) is 5.92 Å². The van der Waals surface area contributed by atoms with Crippen LogP contribution in [0.1, 0.15) is 44.3 Å². The first-order valence-corrected chi connectivity index (χ1v) is 9.71. The van der Waals surface area contributed by atoms with E-state index in [2.05, 4.69) is 41.4 Å². The van der Waals surface area contributed by atoms with Crippen LogP contribution in [0.4, 0.5) is 0 Å². The zero-order chi connectivity index (χ0) is 18.4. The minimum atomic E-state index is -0.0963. The summed E-state index contributed by atoms with van der Waals surface area (Å²) in [7, 11) is 3.26. The van der Waals surface area contributed by atoms with Gasteiger partial charge in [-0.15, -0.1) is 35.3 Å². The van der Waals surface area contributed by atoms with Gasteiger partial charge < -0.3 is 15.0 Å². The van der Waals surface area contributed by atoms with Gasteiger partial charge in [0.15, 0.2) is 5.96 Å². The first kappa shape index (κ1) is 23.1. The Balaban J connectivity index is 0.00000338. The van der Waals surface area contributed by atoms with Crippen LogP contribution in [0.5, 0.6) is 0 Å². The molecule has 8 heteroatoms. The third kappa shape index (κ3) is 6.37. The minimum absolute atomic E-state index is 0. The Bertz CT molecular complexity index is 605. The van der Waals surface area contributed by atoms with Crippen LogP contribution in [0.2, 0.25) is 0 Å². The molecule has 0 amide bonds. The second kappa shape index (κ2) is 10.4. The summed E-state index contributed by atoms with van der Waals surface area (Å²) < 4.78 is 4.84. The molecular weight excluding hydrogens is 463 g/mol. The molecule has 1 fully saturated rings. The summed E-state index contributed by atoms with van der Waals surface area (Å²) in [6.45, 7) is 9.01. The summed E-state index contributed by atoms with van der Waals surface area (Å²) >= 11 is 1.72. The molecule has 0 saturated carbocycles. The van der Waals surface area contributed by atoms with Crippen molar-refractivity contribution in [1.29, 1.82) is 0 Å². The number of methoxy groups -OCH3 is 1. The van der Waals surface area contributed by atoms with E-state index in [1.54, 1.807) is 18.4 Å². The van der Waals surface area contributed by atoms with Crippen molar-refractivity contribution in [2.75, 3.05) is 33.8 Å². The molecular formula is C18H31IN4O2S. The number of likely N-dealkylation sites (tertiary alicyclic amines) is 1. The number of esters is 1. The van der Waals surface area contributed by atoms with Gasteiger partial charge in [-0.05, 0) is 12.8 Å². The molecule has 1 saturated heterocycles. The number of carbonyl (C=O) groups is 1. The summed E-state index contributed by atoms with van der Waals surface area (Å²) in [5.74, 6) is 0.822. The summed E-state index contributed by atoms with van der Waals surface area (Å²) in [6.07, 6.45) is 2.52. The van der Waals surface area contributed by atoms with Crippen LogP contribution in [0.3, 0.4) is 0 Å². The van der Waals surface area contributed by atoms with E-state index in [9.17, 15) is 4.79 Å². The maximum atomic E-state index is 11.6. The largest absolute Gasteiger partial charge is 0.469 e. The molecule has 6 nitrogen and oxygen atoms in total. The van der Waals surface area contributed by atoms with Crippen molar-refractivity contribution in [3.8, 4) is 0 Å². The van der Waals surface area contributed by atoms with Crippen molar-refractivity contribution in [2.45, 2.75) is 45.4 Å². The van der Waals surface area contributed by atoms with Gasteiger partial charge in [0, 0.05) is 43.9 Å². The molecule has 0 atom stereocenters. The zero-order valence-corrected chi connectivity index (χ0v) is 19.5. The predicted molar refractivity (Wildman–Crippen MR) is 118 cm³/mol. The smallest absolute Gasteiger partial charge is 0.308 e. The Morgan fingerprint density at radius 2 is 2.08 bits per heavy atom. The molecule has 26 heavy (non-hydrogen) atoms. The standard InChI is InChI=1S/C18H30N4O2S.HI/c1-18(2,3)14-12-25-15(21-14)6-9-20-17(19-4)22-10-7-13(8-11-22)16(23)24-5;/h12-13H,6-11H2,1-5H3,(H,19,20);1H. The van der Waals surface area contributed by atoms with Crippen molar-refractivity contribution in [1.82, 2.24) is 15.2 Å². The van der Waals surface area contributed by atoms with Gasteiger partial charge in [-0.2, -0.15) is 0 Å². The Kier molecular flexibility index (Phi) is 9.29. The Morgan fingerprint density at radius 3 is 2.58 bits per heavy atom. The van der Waals surface area contributed by atoms with Gasteiger partial charge in [0.25, 0.3) is 0 Å². The molecule has 0 radical (unpaired) electrons. The summed E-state index contributed by atoms with van der Waals surface area (Å²) in [5.41, 5.74) is 1.25. The number of ether oxygens (including phenoxy) is 1. The number of carbonyl (C=O) groups excluding carboxylic acids is 1. The van der Waals surface area contributed by atoms with Crippen LogP contribution in [-0.2, 0) is 21.4 Å². The highest BCUT2D eigenvalue weighted by Crippen LogP contribution is 2.24. The Morgan fingerprint density at radius 1 is 1.42 bits per heavy atom. The molecule has 2 rings (SSSR count). The van der Waals surface area contributed by atoms with Crippen molar-refractivity contribution in [3.63, 3.8) is 0 Å². The van der Waals surface area contributed by atoms with Crippen LogP contribution < -0.4 is 5.32 Å². The molecule has 1 aliphatic rings. The number of piperidine rings is 1. The fourth-order valence-corrected chi connectivity index (χ4v) is 3.90. The molecule has 148 valence electrons. The number of aliphatic imine (C=N–C) groups is 1. The van der Waals surface area contributed by atoms with Gasteiger partial charge in [0.1, 0.15) is 0 Å². The van der Waals surface area contributed by atoms with E-state index in [-0.39, 0.29) is 41.3 Å². The van der Waals surface area contributed by atoms with E-state index in [4.69, 9.17) is 9.72 Å². The number of nitrogens with zero attached hydrogens (tertiary/aromatic N) is 3. The fraction of sp³-hybridized carbons (Fsp3) is 0.722. The lowest BCUT2D eigenvalue weighted by Crippen LogP contribution is -2.47. The average Bonchev–Trinajstić information content (AvgIpc) is 3.07. The molecule has 1 aromatic rings. The van der Waals surface area contributed by atoms with Gasteiger partial charge in [-0.1, -0.05) is 20.8 Å². The lowest BCUT2D eigenvalue weighted by atomic mass is 9.93. The fourth-order valence-electron chi connectivity index (χ4n) is 2.88. The lowest BCUT2D eigenvalue weighted by Gasteiger charge is -2.33. The van der Waals surface area contributed by atoms with E-state index in [0.29, 0.717) is 0 Å².